The number of carboxylic acid groups (broad SMARTS) is 1. The number of carboxylic acids is 1. The molecule has 2 rings (SSSR count). The van der Waals surface area contributed by atoms with Gasteiger partial charge in [0.15, 0.2) is 0 Å². The van der Waals surface area contributed by atoms with Crippen molar-refractivity contribution in [2.24, 2.45) is 11.3 Å². The van der Waals surface area contributed by atoms with E-state index in [1.807, 2.05) is 19.1 Å². The maximum atomic E-state index is 11.8. The molecule has 1 aromatic rings. The largest absolute Gasteiger partial charge is 0.481 e. The summed E-state index contributed by atoms with van der Waals surface area (Å²) in [6.07, 6.45) is 7.20. The molecule has 1 aromatic heterocycles. The molecular formula is C16H23NO2. The Labute approximate surface area is 115 Å². The van der Waals surface area contributed by atoms with Gasteiger partial charge >= 0.3 is 5.97 Å². The quantitative estimate of drug-likeness (QED) is 0.900. The lowest BCUT2D eigenvalue weighted by Gasteiger charge is -2.37. The molecule has 1 aliphatic rings. The minimum atomic E-state index is -0.643. The average Bonchev–Trinajstić information content (AvgIpc) is 2.41. The number of aromatic nitrogens is 1. The van der Waals surface area contributed by atoms with Crippen molar-refractivity contribution in [1.29, 1.82) is 0 Å². The summed E-state index contributed by atoms with van der Waals surface area (Å²) in [7, 11) is 0. The first kappa shape index (κ1) is 14.0. The highest BCUT2D eigenvalue weighted by Gasteiger charge is 2.43. The average molecular weight is 261 g/mol. The number of hydrogen-bond acceptors (Lipinski definition) is 2. The third-order valence-electron chi connectivity index (χ3n) is 4.60. The van der Waals surface area contributed by atoms with E-state index < -0.39 is 11.4 Å². The number of aliphatic carboxylic acids is 1. The molecule has 3 heteroatoms. The number of carbonyl (C=O) groups is 1. The van der Waals surface area contributed by atoms with E-state index >= 15 is 0 Å². The second-order valence-corrected chi connectivity index (χ2v) is 5.90. The Morgan fingerprint density at radius 3 is 3.00 bits per heavy atom. The Morgan fingerprint density at radius 1 is 1.58 bits per heavy atom. The van der Waals surface area contributed by atoms with Crippen molar-refractivity contribution in [3.63, 3.8) is 0 Å². The van der Waals surface area contributed by atoms with Crippen LogP contribution in [0.4, 0.5) is 0 Å². The van der Waals surface area contributed by atoms with Crippen LogP contribution in [0.3, 0.4) is 0 Å². The highest BCUT2D eigenvalue weighted by atomic mass is 16.4. The summed E-state index contributed by atoms with van der Waals surface area (Å²) < 4.78 is 0. The summed E-state index contributed by atoms with van der Waals surface area (Å²) >= 11 is 0. The van der Waals surface area contributed by atoms with Gasteiger partial charge in [-0.05, 0) is 37.3 Å². The van der Waals surface area contributed by atoms with Gasteiger partial charge in [-0.1, -0.05) is 32.3 Å². The van der Waals surface area contributed by atoms with E-state index in [1.165, 1.54) is 6.42 Å². The molecule has 1 aliphatic carbocycles. The Bertz CT molecular complexity index is 458. The summed E-state index contributed by atoms with van der Waals surface area (Å²) in [5.41, 5.74) is 1.45. The maximum absolute atomic E-state index is 11.8. The van der Waals surface area contributed by atoms with Crippen molar-refractivity contribution < 1.29 is 9.90 Å². The molecule has 1 saturated carbocycles. The van der Waals surface area contributed by atoms with Crippen LogP contribution in [0.5, 0.6) is 0 Å². The highest BCUT2D eigenvalue weighted by Crippen LogP contribution is 2.43. The van der Waals surface area contributed by atoms with Gasteiger partial charge in [-0.15, -0.1) is 0 Å². The van der Waals surface area contributed by atoms with E-state index in [-0.39, 0.29) is 0 Å². The smallest absolute Gasteiger partial charge is 0.310 e. The van der Waals surface area contributed by atoms with E-state index in [1.54, 1.807) is 6.20 Å². The zero-order valence-electron chi connectivity index (χ0n) is 11.9. The topological polar surface area (TPSA) is 50.2 Å². The van der Waals surface area contributed by atoms with Gasteiger partial charge in [-0.2, -0.15) is 0 Å². The van der Waals surface area contributed by atoms with Crippen LogP contribution >= 0.6 is 0 Å². The van der Waals surface area contributed by atoms with Crippen LogP contribution in [0, 0.1) is 18.3 Å². The van der Waals surface area contributed by atoms with Gasteiger partial charge in [0.05, 0.1) is 5.41 Å². The van der Waals surface area contributed by atoms with Gasteiger partial charge in [0.25, 0.3) is 0 Å². The molecular weight excluding hydrogens is 238 g/mol. The number of pyridine rings is 1. The molecule has 1 N–H and O–H groups in total. The second kappa shape index (κ2) is 5.72. The van der Waals surface area contributed by atoms with Crippen molar-refractivity contribution in [2.75, 3.05) is 0 Å². The van der Waals surface area contributed by atoms with Gasteiger partial charge in [0, 0.05) is 18.3 Å². The fraction of sp³-hybridized carbons (Fsp3) is 0.625. The minimum Gasteiger partial charge on any atom is -0.481 e. The van der Waals surface area contributed by atoms with Gasteiger partial charge < -0.3 is 5.11 Å². The first-order valence-corrected chi connectivity index (χ1v) is 7.21. The zero-order valence-corrected chi connectivity index (χ0v) is 11.9. The molecule has 0 aliphatic heterocycles. The molecule has 0 bridgehead atoms. The minimum absolute atomic E-state index is 0.550. The van der Waals surface area contributed by atoms with Crippen LogP contribution in [0.2, 0.25) is 0 Å². The molecule has 0 aromatic carbocycles. The fourth-order valence-electron chi connectivity index (χ4n) is 3.29. The van der Waals surface area contributed by atoms with Gasteiger partial charge in [-0.25, -0.2) is 0 Å². The summed E-state index contributed by atoms with van der Waals surface area (Å²) in [6, 6.07) is 3.92. The molecule has 2 unspecified atom stereocenters. The van der Waals surface area contributed by atoms with E-state index in [0.717, 1.165) is 36.9 Å². The molecule has 104 valence electrons. The lowest BCUT2D eigenvalue weighted by molar-refractivity contribution is -0.152. The Hall–Kier alpha value is -1.38. The third kappa shape index (κ3) is 2.96. The van der Waals surface area contributed by atoms with E-state index in [2.05, 4.69) is 11.9 Å². The Morgan fingerprint density at radius 2 is 2.37 bits per heavy atom. The molecule has 1 fully saturated rings. The molecule has 2 atom stereocenters. The molecule has 0 saturated heterocycles. The monoisotopic (exact) mass is 261 g/mol. The second-order valence-electron chi connectivity index (χ2n) is 5.90. The van der Waals surface area contributed by atoms with Crippen molar-refractivity contribution in [2.45, 2.75) is 52.4 Å². The molecule has 0 spiro atoms. The summed E-state index contributed by atoms with van der Waals surface area (Å²) in [4.78, 5) is 16.2. The van der Waals surface area contributed by atoms with Crippen LogP contribution in [0.15, 0.2) is 18.3 Å². The van der Waals surface area contributed by atoms with Crippen molar-refractivity contribution >= 4 is 5.97 Å². The lowest BCUT2D eigenvalue weighted by atomic mass is 9.66. The van der Waals surface area contributed by atoms with Crippen LogP contribution in [-0.2, 0) is 11.2 Å². The van der Waals surface area contributed by atoms with E-state index in [0.29, 0.717) is 12.3 Å². The zero-order chi connectivity index (χ0) is 13.9. The fourth-order valence-corrected chi connectivity index (χ4v) is 3.29. The van der Waals surface area contributed by atoms with Gasteiger partial charge in [-0.3, -0.25) is 9.78 Å². The first-order valence-electron chi connectivity index (χ1n) is 7.21. The number of nitrogens with zero attached hydrogens (tertiary/aromatic N) is 1. The van der Waals surface area contributed by atoms with Crippen molar-refractivity contribution in [3.8, 4) is 0 Å². The van der Waals surface area contributed by atoms with Crippen LogP contribution in [0.25, 0.3) is 0 Å². The standard InChI is InChI=1S/C16H23NO2/c1-3-13-7-4-8-16(10-13,15(18)19)11-14-12(2)6-5-9-17-14/h5-6,9,13H,3-4,7-8,10-11H2,1-2H3,(H,18,19). The molecule has 19 heavy (non-hydrogen) atoms. The summed E-state index contributed by atoms with van der Waals surface area (Å²) in [5, 5.41) is 9.73. The predicted molar refractivity (Wildman–Crippen MR) is 75.0 cm³/mol. The predicted octanol–water partition coefficient (Wildman–Crippen LogP) is 3.60. The molecule has 0 amide bonds. The molecule has 0 radical (unpaired) electrons. The van der Waals surface area contributed by atoms with Crippen LogP contribution < -0.4 is 0 Å². The Kier molecular flexibility index (Phi) is 4.23. The molecule has 3 nitrogen and oxygen atoms in total. The number of rotatable bonds is 4. The van der Waals surface area contributed by atoms with Crippen LogP contribution in [0.1, 0.15) is 50.3 Å². The number of aryl methyl sites for hydroxylation is 1. The van der Waals surface area contributed by atoms with Crippen molar-refractivity contribution in [3.05, 3.63) is 29.6 Å². The van der Waals surface area contributed by atoms with Crippen LogP contribution in [-0.4, -0.2) is 16.1 Å². The summed E-state index contributed by atoms with van der Waals surface area (Å²) in [5.74, 6) is -0.0930. The number of hydrogen-bond donors (Lipinski definition) is 1. The SMILES string of the molecule is CCC1CCCC(Cc2ncccc2C)(C(=O)O)C1. The van der Waals surface area contributed by atoms with Gasteiger partial charge in [0.1, 0.15) is 0 Å². The summed E-state index contributed by atoms with van der Waals surface area (Å²) in [6.45, 7) is 4.17. The highest BCUT2D eigenvalue weighted by molar-refractivity contribution is 5.75. The van der Waals surface area contributed by atoms with E-state index in [4.69, 9.17) is 0 Å². The van der Waals surface area contributed by atoms with E-state index in [9.17, 15) is 9.90 Å². The van der Waals surface area contributed by atoms with Crippen molar-refractivity contribution in [1.82, 2.24) is 4.98 Å². The molecule has 1 heterocycles. The Balaban J connectivity index is 2.25. The third-order valence-corrected chi connectivity index (χ3v) is 4.60. The first-order chi connectivity index (χ1) is 9.07. The van der Waals surface area contributed by atoms with Gasteiger partial charge in [0.2, 0.25) is 0 Å². The normalized spacial score (nSPS) is 27.2. The maximum Gasteiger partial charge on any atom is 0.310 e. The lowest BCUT2D eigenvalue weighted by Crippen LogP contribution is -2.38.